The van der Waals surface area contributed by atoms with Crippen molar-refractivity contribution in [3.8, 4) is 0 Å². The standard InChI is InChI=1S/C40H58O/c1-32(20-13-22-34(3)23-14-24-35(4)26-16-31-40(9,10)41)18-11-12-19-33(2)21-15-25-36(5)28-29-38-37(6)27-17-30-39(38,7)8/h11-15,18-25,27-29,38,41H,16-17,26,30-31H2,1-10H3/b12-11+,20-13+,21-15+,23-14+,29-28+,32-18+,33-19+,34-22+,35-24+,36-25+/t38-/m0/s1. The Morgan fingerprint density at radius 2 is 1.24 bits per heavy atom. The second-order valence-electron chi connectivity index (χ2n) is 13.1. The van der Waals surface area contributed by atoms with Crippen molar-refractivity contribution in [2.24, 2.45) is 11.3 Å². The first-order valence-electron chi connectivity index (χ1n) is 15.3. The van der Waals surface area contributed by atoms with Crippen LogP contribution in [0.15, 0.2) is 131 Å². The van der Waals surface area contributed by atoms with Gasteiger partial charge in [-0.05, 0) is 92.9 Å². The van der Waals surface area contributed by atoms with Gasteiger partial charge in [-0.3, -0.25) is 0 Å². The molecule has 1 nitrogen and oxygen atoms in total. The van der Waals surface area contributed by atoms with E-state index in [1.165, 1.54) is 46.3 Å². The molecule has 1 atom stereocenters. The van der Waals surface area contributed by atoms with Crippen LogP contribution >= 0.6 is 0 Å². The van der Waals surface area contributed by atoms with E-state index in [1.54, 1.807) is 0 Å². The molecule has 0 saturated heterocycles. The molecular formula is C40H58O. The number of allylic oxidation sites excluding steroid dienone is 22. The summed E-state index contributed by atoms with van der Waals surface area (Å²) in [4.78, 5) is 0. The first-order chi connectivity index (χ1) is 19.2. The van der Waals surface area contributed by atoms with Crippen molar-refractivity contribution < 1.29 is 5.11 Å². The predicted octanol–water partition coefficient (Wildman–Crippen LogP) is 11.8. The van der Waals surface area contributed by atoms with Gasteiger partial charge in [0.1, 0.15) is 0 Å². The summed E-state index contributed by atoms with van der Waals surface area (Å²) in [5, 5.41) is 9.82. The van der Waals surface area contributed by atoms with Crippen molar-refractivity contribution in [2.75, 3.05) is 0 Å². The second kappa shape index (κ2) is 18.5. The minimum Gasteiger partial charge on any atom is -0.390 e. The van der Waals surface area contributed by atoms with Gasteiger partial charge in [-0.15, -0.1) is 0 Å². The molecule has 0 fully saturated rings. The lowest BCUT2D eigenvalue weighted by Gasteiger charge is -2.36. The Morgan fingerprint density at radius 3 is 1.73 bits per heavy atom. The fraction of sp³-hybridized carbons (Fsp3) is 0.450. The van der Waals surface area contributed by atoms with Gasteiger partial charge in [-0.2, -0.15) is 0 Å². The highest BCUT2D eigenvalue weighted by atomic mass is 16.3. The molecule has 0 aromatic carbocycles. The number of aliphatic hydroxyl groups is 1. The summed E-state index contributed by atoms with van der Waals surface area (Å²) in [6.07, 6.45) is 40.0. The Bertz CT molecular complexity index is 1150. The lowest BCUT2D eigenvalue weighted by Crippen LogP contribution is -2.26. The molecule has 1 aliphatic rings. The first-order valence-corrected chi connectivity index (χ1v) is 15.3. The molecule has 0 heterocycles. The van der Waals surface area contributed by atoms with Gasteiger partial charge >= 0.3 is 0 Å². The van der Waals surface area contributed by atoms with Crippen molar-refractivity contribution in [3.05, 3.63) is 131 Å². The minimum absolute atomic E-state index is 0.337. The molecule has 1 heteroatoms. The summed E-state index contributed by atoms with van der Waals surface area (Å²) in [5.74, 6) is 0.525. The molecule has 1 N–H and O–H groups in total. The van der Waals surface area contributed by atoms with Gasteiger partial charge in [0, 0.05) is 5.92 Å². The Labute approximate surface area is 253 Å². The van der Waals surface area contributed by atoms with Crippen molar-refractivity contribution in [1.29, 1.82) is 0 Å². The summed E-state index contributed by atoms with van der Waals surface area (Å²) in [6.45, 7) is 21.4. The molecule has 0 spiro atoms. The van der Waals surface area contributed by atoms with Crippen LogP contribution in [0.1, 0.15) is 101 Å². The van der Waals surface area contributed by atoms with Crippen LogP contribution in [0.4, 0.5) is 0 Å². The van der Waals surface area contributed by atoms with Crippen LogP contribution in [0, 0.1) is 11.3 Å². The maximum atomic E-state index is 9.82. The first kappa shape index (κ1) is 36.1. The Balaban J connectivity index is 2.55. The zero-order valence-corrected chi connectivity index (χ0v) is 27.8. The molecule has 224 valence electrons. The van der Waals surface area contributed by atoms with E-state index >= 15 is 0 Å². The zero-order valence-electron chi connectivity index (χ0n) is 27.8. The van der Waals surface area contributed by atoms with Crippen molar-refractivity contribution in [2.45, 2.75) is 107 Å². The molecule has 0 saturated carbocycles. The average Bonchev–Trinajstić information content (AvgIpc) is 2.85. The topological polar surface area (TPSA) is 20.2 Å². The van der Waals surface area contributed by atoms with E-state index in [0.717, 1.165) is 19.3 Å². The van der Waals surface area contributed by atoms with Gasteiger partial charge < -0.3 is 5.11 Å². The van der Waals surface area contributed by atoms with E-state index in [9.17, 15) is 5.11 Å². The summed E-state index contributed by atoms with van der Waals surface area (Å²) < 4.78 is 0. The van der Waals surface area contributed by atoms with E-state index in [1.807, 2.05) is 13.8 Å². The molecule has 0 unspecified atom stereocenters. The highest BCUT2D eigenvalue weighted by Crippen LogP contribution is 2.41. The van der Waals surface area contributed by atoms with Gasteiger partial charge in [0.25, 0.3) is 0 Å². The number of hydrogen-bond donors (Lipinski definition) is 1. The van der Waals surface area contributed by atoms with E-state index < -0.39 is 5.60 Å². The normalized spacial score (nSPS) is 20.5. The lowest BCUT2D eigenvalue weighted by molar-refractivity contribution is 0.0689. The number of hydrogen-bond acceptors (Lipinski definition) is 1. The highest BCUT2D eigenvalue weighted by Gasteiger charge is 2.30. The van der Waals surface area contributed by atoms with Crippen LogP contribution in [-0.4, -0.2) is 10.7 Å². The predicted molar refractivity (Wildman–Crippen MR) is 185 cm³/mol. The Kier molecular flexibility index (Phi) is 16.3. The Hall–Kier alpha value is -2.90. The van der Waals surface area contributed by atoms with Gasteiger partial charge in [0.15, 0.2) is 0 Å². The van der Waals surface area contributed by atoms with Crippen LogP contribution in [0.25, 0.3) is 0 Å². The smallest absolute Gasteiger partial charge is 0.0591 e. The van der Waals surface area contributed by atoms with Crippen LogP contribution in [-0.2, 0) is 0 Å². The van der Waals surface area contributed by atoms with E-state index in [-0.39, 0.29) is 0 Å². The minimum atomic E-state index is -0.574. The van der Waals surface area contributed by atoms with Crippen LogP contribution in [0.5, 0.6) is 0 Å². The summed E-state index contributed by atoms with van der Waals surface area (Å²) in [7, 11) is 0. The van der Waals surface area contributed by atoms with Crippen LogP contribution < -0.4 is 0 Å². The number of rotatable bonds is 14. The third-order valence-electron chi connectivity index (χ3n) is 7.50. The summed E-state index contributed by atoms with van der Waals surface area (Å²) in [6, 6.07) is 0. The van der Waals surface area contributed by atoms with Crippen molar-refractivity contribution in [3.63, 3.8) is 0 Å². The zero-order chi connectivity index (χ0) is 30.9. The van der Waals surface area contributed by atoms with E-state index in [4.69, 9.17) is 0 Å². The largest absolute Gasteiger partial charge is 0.390 e. The fourth-order valence-corrected chi connectivity index (χ4v) is 4.82. The lowest BCUT2D eigenvalue weighted by atomic mass is 9.68. The maximum absolute atomic E-state index is 9.82. The van der Waals surface area contributed by atoms with E-state index in [2.05, 4.69) is 153 Å². The van der Waals surface area contributed by atoms with Gasteiger partial charge in [-0.1, -0.05) is 145 Å². The summed E-state index contributed by atoms with van der Waals surface area (Å²) in [5.41, 5.74) is 7.50. The average molecular weight is 555 g/mol. The second-order valence-corrected chi connectivity index (χ2v) is 13.1. The molecule has 1 rings (SSSR count). The molecule has 0 bridgehead atoms. The molecule has 0 radical (unpaired) electrons. The highest BCUT2D eigenvalue weighted by molar-refractivity contribution is 5.32. The molecule has 0 aliphatic heterocycles. The molecule has 1 aliphatic carbocycles. The van der Waals surface area contributed by atoms with Crippen molar-refractivity contribution in [1.82, 2.24) is 0 Å². The van der Waals surface area contributed by atoms with Crippen molar-refractivity contribution >= 4 is 0 Å². The maximum Gasteiger partial charge on any atom is 0.0591 e. The molecule has 0 amide bonds. The third-order valence-corrected chi connectivity index (χ3v) is 7.50. The SMILES string of the molecule is CC1=CCCC(C)(C)[C@H]1/C=C/C(C)=C/C=C/C(C)=C/C=C/C=C(C)/C=C/C=C(C)/C=C/C=C(\C)CCCC(C)(C)O. The van der Waals surface area contributed by atoms with Gasteiger partial charge in [0.05, 0.1) is 5.60 Å². The third kappa shape index (κ3) is 17.5. The van der Waals surface area contributed by atoms with Crippen LogP contribution in [0.2, 0.25) is 0 Å². The Morgan fingerprint density at radius 1 is 0.780 bits per heavy atom. The summed E-state index contributed by atoms with van der Waals surface area (Å²) >= 11 is 0. The van der Waals surface area contributed by atoms with E-state index in [0.29, 0.717) is 11.3 Å². The van der Waals surface area contributed by atoms with Gasteiger partial charge in [-0.25, -0.2) is 0 Å². The van der Waals surface area contributed by atoms with Gasteiger partial charge in [0.2, 0.25) is 0 Å². The molecule has 0 aromatic rings. The molecular weight excluding hydrogens is 496 g/mol. The fourth-order valence-electron chi connectivity index (χ4n) is 4.82. The quantitative estimate of drug-likeness (QED) is 0.167. The molecule has 41 heavy (non-hydrogen) atoms. The van der Waals surface area contributed by atoms with Crippen LogP contribution in [0.3, 0.4) is 0 Å². The monoisotopic (exact) mass is 554 g/mol. The molecule has 0 aromatic heterocycles.